The predicted molar refractivity (Wildman–Crippen MR) is 52.9 cm³/mol. The third-order valence-corrected chi connectivity index (χ3v) is 2.30. The molecule has 1 saturated carbocycles. The summed E-state index contributed by atoms with van der Waals surface area (Å²) in [5.74, 6) is 0. The smallest absolute Gasteiger partial charge is 0.0704 e. The maximum atomic E-state index is 5.57. The first-order valence-electron chi connectivity index (χ1n) is 5.09. The van der Waals surface area contributed by atoms with Crippen LogP contribution in [0.25, 0.3) is 0 Å². The van der Waals surface area contributed by atoms with Crippen LogP contribution in [-0.2, 0) is 9.47 Å². The van der Waals surface area contributed by atoms with E-state index in [0.29, 0.717) is 24.8 Å². The molecule has 0 atom stereocenters. The van der Waals surface area contributed by atoms with E-state index >= 15 is 0 Å². The summed E-state index contributed by atoms with van der Waals surface area (Å²) in [7, 11) is 1.70. The highest BCUT2D eigenvalue weighted by molar-refractivity contribution is 4.86. The predicted octanol–water partition coefficient (Wildman–Crippen LogP) is 1.18. The van der Waals surface area contributed by atoms with Crippen molar-refractivity contribution in [1.82, 2.24) is 5.32 Å². The fraction of sp³-hybridized carbons (Fsp3) is 1.00. The summed E-state index contributed by atoms with van der Waals surface area (Å²) in [5, 5.41) is 3.49. The van der Waals surface area contributed by atoms with E-state index in [2.05, 4.69) is 19.2 Å². The van der Waals surface area contributed by atoms with Gasteiger partial charge in [-0.1, -0.05) is 13.8 Å². The molecule has 0 bridgehead atoms. The molecule has 1 N–H and O–H groups in total. The van der Waals surface area contributed by atoms with Crippen LogP contribution < -0.4 is 5.32 Å². The third-order valence-electron chi connectivity index (χ3n) is 2.30. The Hall–Kier alpha value is -0.120. The largest absolute Gasteiger partial charge is 0.382 e. The molecule has 0 amide bonds. The van der Waals surface area contributed by atoms with Gasteiger partial charge in [-0.3, -0.25) is 0 Å². The van der Waals surface area contributed by atoms with Crippen LogP contribution in [0.4, 0.5) is 0 Å². The minimum Gasteiger partial charge on any atom is -0.382 e. The molecular weight excluding hydrogens is 166 g/mol. The van der Waals surface area contributed by atoms with Gasteiger partial charge in [0.15, 0.2) is 0 Å². The number of methoxy groups -OCH3 is 1. The summed E-state index contributed by atoms with van der Waals surface area (Å²) >= 11 is 0. The van der Waals surface area contributed by atoms with Crippen LogP contribution in [0.3, 0.4) is 0 Å². The van der Waals surface area contributed by atoms with Crippen molar-refractivity contribution in [3.8, 4) is 0 Å². The van der Waals surface area contributed by atoms with E-state index in [1.807, 2.05) is 0 Å². The molecule has 0 aromatic rings. The van der Waals surface area contributed by atoms with E-state index in [-0.39, 0.29) is 0 Å². The molecule has 3 nitrogen and oxygen atoms in total. The maximum absolute atomic E-state index is 5.57. The monoisotopic (exact) mass is 187 g/mol. The molecule has 0 aromatic carbocycles. The average molecular weight is 187 g/mol. The second-order valence-electron chi connectivity index (χ2n) is 3.98. The molecule has 0 unspecified atom stereocenters. The van der Waals surface area contributed by atoms with Gasteiger partial charge in [-0.05, 0) is 12.8 Å². The molecular formula is C10H21NO2. The van der Waals surface area contributed by atoms with Crippen LogP contribution in [0.1, 0.15) is 26.7 Å². The quantitative estimate of drug-likeness (QED) is 0.633. The van der Waals surface area contributed by atoms with Gasteiger partial charge in [0.25, 0.3) is 0 Å². The van der Waals surface area contributed by atoms with Crippen LogP contribution in [0.15, 0.2) is 0 Å². The molecule has 0 saturated heterocycles. The van der Waals surface area contributed by atoms with Gasteiger partial charge in [-0.15, -0.1) is 0 Å². The van der Waals surface area contributed by atoms with Crippen LogP contribution in [0.5, 0.6) is 0 Å². The molecule has 1 aliphatic carbocycles. The Labute approximate surface area is 80.8 Å². The van der Waals surface area contributed by atoms with Gasteiger partial charge in [0.2, 0.25) is 0 Å². The molecule has 3 heteroatoms. The number of hydrogen-bond acceptors (Lipinski definition) is 3. The first-order chi connectivity index (χ1) is 6.22. The molecule has 1 fully saturated rings. The van der Waals surface area contributed by atoms with Crippen molar-refractivity contribution in [2.24, 2.45) is 0 Å². The molecule has 78 valence electrons. The van der Waals surface area contributed by atoms with E-state index in [0.717, 1.165) is 19.4 Å². The average Bonchev–Trinajstić information content (AvgIpc) is 1.99. The molecule has 0 radical (unpaired) electrons. The van der Waals surface area contributed by atoms with E-state index < -0.39 is 0 Å². The van der Waals surface area contributed by atoms with E-state index in [4.69, 9.17) is 9.47 Å². The van der Waals surface area contributed by atoms with E-state index in [1.165, 1.54) is 0 Å². The number of nitrogens with one attached hydrogen (secondary N) is 1. The minimum absolute atomic E-state index is 0.464. The third kappa shape index (κ3) is 4.07. The van der Waals surface area contributed by atoms with Crippen molar-refractivity contribution < 1.29 is 9.47 Å². The Morgan fingerprint density at radius 1 is 1.31 bits per heavy atom. The Kier molecular flexibility index (Phi) is 4.70. The van der Waals surface area contributed by atoms with E-state index in [9.17, 15) is 0 Å². The van der Waals surface area contributed by atoms with Gasteiger partial charge in [-0.2, -0.15) is 0 Å². The first kappa shape index (κ1) is 11.0. The Morgan fingerprint density at radius 3 is 2.54 bits per heavy atom. The van der Waals surface area contributed by atoms with Crippen molar-refractivity contribution >= 4 is 0 Å². The Bertz CT molecular complexity index is 133. The van der Waals surface area contributed by atoms with Gasteiger partial charge in [0, 0.05) is 19.2 Å². The van der Waals surface area contributed by atoms with Crippen molar-refractivity contribution in [2.75, 3.05) is 20.3 Å². The van der Waals surface area contributed by atoms with Crippen molar-refractivity contribution in [1.29, 1.82) is 0 Å². The fourth-order valence-corrected chi connectivity index (χ4v) is 1.61. The summed E-state index contributed by atoms with van der Waals surface area (Å²) in [6.45, 7) is 5.80. The molecule has 0 heterocycles. The van der Waals surface area contributed by atoms with E-state index in [1.54, 1.807) is 7.11 Å². The Morgan fingerprint density at radius 2 is 2.00 bits per heavy atom. The van der Waals surface area contributed by atoms with Gasteiger partial charge < -0.3 is 14.8 Å². The second kappa shape index (κ2) is 5.58. The normalized spacial score (nSPS) is 27.7. The molecule has 0 spiro atoms. The summed E-state index contributed by atoms with van der Waals surface area (Å²) in [5.41, 5.74) is 0. The number of rotatable bonds is 6. The lowest BCUT2D eigenvalue weighted by Crippen LogP contribution is -2.48. The fourth-order valence-electron chi connectivity index (χ4n) is 1.61. The summed E-state index contributed by atoms with van der Waals surface area (Å²) in [6.07, 6.45) is 2.77. The lowest BCUT2D eigenvalue weighted by Gasteiger charge is -2.36. The zero-order chi connectivity index (χ0) is 9.68. The standard InChI is InChI=1S/C10H21NO2/c1-8(2)11-9-6-10(7-9)13-5-4-12-3/h8-11H,4-7H2,1-3H3/t9-,10+. The highest BCUT2D eigenvalue weighted by Crippen LogP contribution is 2.23. The lowest BCUT2D eigenvalue weighted by molar-refractivity contribution is -0.0368. The molecule has 1 aliphatic rings. The van der Waals surface area contributed by atoms with Gasteiger partial charge >= 0.3 is 0 Å². The highest BCUT2D eigenvalue weighted by Gasteiger charge is 2.29. The van der Waals surface area contributed by atoms with Crippen molar-refractivity contribution in [3.63, 3.8) is 0 Å². The number of hydrogen-bond donors (Lipinski definition) is 1. The first-order valence-corrected chi connectivity index (χ1v) is 5.09. The minimum atomic E-state index is 0.464. The molecule has 0 aliphatic heterocycles. The zero-order valence-electron chi connectivity index (χ0n) is 8.88. The van der Waals surface area contributed by atoms with Crippen molar-refractivity contribution in [2.45, 2.75) is 44.9 Å². The number of ether oxygens (including phenoxy) is 2. The molecule has 1 rings (SSSR count). The summed E-state index contributed by atoms with van der Waals surface area (Å²) in [4.78, 5) is 0. The zero-order valence-corrected chi connectivity index (χ0v) is 8.88. The van der Waals surface area contributed by atoms with Crippen LogP contribution in [0.2, 0.25) is 0 Å². The summed E-state index contributed by atoms with van der Waals surface area (Å²) in [6, 6.07) is 1.26. The highest BCUT2D eigenvalue weighted by atomic mass is 16.5. The topological polar surface area (TPSA) is 30.5 Å². The SMILES string of the molecule is COCCO[C@H]1C[C@@H](NC(C)C)C1. The lowest BCUT2D eigenvalue weighted by atomic mass is 9.89. The molecule has 0 aromatic heterocycles. The van der Waals surface area contributed by atoms with Gasteiger partial charge in [0.1, 0.15) is 0 Å². The molecule has 13 heavy (non-hydrogen) atoms. The van der Waals surface area contributed by atoms with Crippen molar-refractivity contribution in [3.05, 3.63) is 0 Å². The van der Waals surface area contributed by atoms with Crippen LogP contribution in [0, 0.1) is 0 Å². The Balaban J connectivity index is 1.92. The van der Waals surface area contributed by atoms with Crippen LogP contribution in [-0.4, -0.2) is 38.5 Å². The van der Waals surface area contributed by atoms with Crippen LogP contribution >= 0.6 is 0 Å². The van der Waals surface area contributed by atoms with Gasteiger partial charge in [-0.25, -0.2) is 0 Å². The summed E-state index contributed by atoms with van der Waals surface area (Å²) < 4.78 is 10.5. The van der Waals surface area contributed by atoms with Gasteiger partial charge in [0.05, 0.1) is 19.3 Å². The second-order valence-corrected chi connectivity index (χ2v) is 3.98. The maximum Gasteiger partial charge on any atom is 0.0704 e.